The molecular formula is C12H28N2O. The summed E-state index contributed by atoms with van der Waals surface area (Å²) in [6.07, 6.45) is 0.857. The van der Waals surface area contributed by atoms with Gasteiger partial charge in [0.1, 0.15) is 0 Å². The molecule has 0 aromatic rings. The van der Waals surface area contributed by atoms with E-state index in [0.717, 1.165) is 32.6 Å². The predicted molar refractivity (Wildman–Crippen MR) is 66.1 cm³/mol. The van der Waals surface area contributed by atoms with Gasteiger partial charge in [-0.2, -0.15) is 0 Å². The molecule has 15 heavy (non-hydrogen) atoms. The Labute approximate surface area is 94.9 Å². The quantitative estimate of drug-likeness (QED) is 0.610. The number of aliphatic hydroxyl groups excluding tert-OH is 1. The molecule has 0 aromatic heterocycles. The number of likely N-dealkylation sites (N-methyl/N-ethyl adjacent to an activating group) is 1. The largest absolute Gasteiger partial charge is 0.396 e. The number of hydrogen-bond donors (Lipinski definition) is 2. The molecule has 3 heteroatoms. The van der Waals surface area contributed by atoms with Crippen LogP contribution < -0.4 is 5.32 Å². The van der Waals surface area contributed by atoms with Crippen LogP contribution in [0.15, 0.2) is 0 Å². The van der Waals surface area contributed by atoms with Crippen LogP contribution in [0.3, 0.4) is 0 Å². The minimum atomic E-state index is 0.279. The monoisotopic (exact) mass is 216 g/mol. The van der Waals surface area contributed by atoms with Gasteiger partial charge in [0, 0.05) is 25.7 Å². The molecule has 1 atom stereocenters. The van der Waals surface area contributed by atoms with E-state index in [-0.39, 0.29) is 6.61 Å². The summed E-state index contributed by atoms with van der Waals surface area (Å²) in [5, 5.41) is 12.5. The van der Waals surface area contributed by atoms with Gasteiger partial charge in [0.15, 0.2) is 0 Å². The molecule has 3 nitrogen and oxygen atoms in total. The van der Waals surface area contributed by atoms with E-state index in [4.69, 9.17) is 5.11 Å². The van der Waals surface area contributed by atoms with Gasteiger partial charge in [0.05, 0.1) is 0 Å². The van der Waals surface area contributed by atoms with Gasteiger partial charge in [-0.3, -0.25) is 0 Å². The number of nitrogens with zero attached hydrogens (tertiary/aromatic N) is 1. The van der Waals surface area contributed by atoms with E-state index in [1.807, 2.05) is 0 Å². The molecule has 0 amide bonds. The van der Waals surface area contributed by atoms with E-state index in [1.165, 1.54) is 0 Å². The van der Waals surface area contributed by atoms with Crippen molar-refractivity contribution in [3.8, 4) is 0 Å². The molecule has 0 fully saturated rings. The van der Waals surface area contributed by atoms with E-state index in [2.05, 4.69) is 37.9 Å². The SMILES string of the molecule is CCN(CC)CCNC(CCO)C(C)C. The second-order valence-corrected chi connectivity index (χ2v) is 4.34. The topological polar surface area (TPSA) is 35.5 Å². The number of aliphatic hydroxyl groups is 1. The summed E-state index contributed by atoms with van der Waals surface area (Å²) in [6, 6.07) is 0.450. The van der Waals surface area contributed by atoms with Crippen molar-refractivity contribution in [2.24, 2.45) is 5.92 Å². The Hall–Kier alpha value is -0.120. The lowest BCUT2D eigenvalue weighted by Gasteiger charge is -2.24. The number of hydrogen-bond acceptors (Lipinski definition) is 3. The number of nitrogens with one attached hydrogen (secondary N) is 1. The molecule has 0 aliphatic rings. The van der Waals surface area contributed by atoms with Crippen molar-refractivity contribution >= 4 is 0 Å². The number of rotatable bonds is 9. The lowest BCUT2D eigenvalue weighted by molar-refractivity contribution is 0.235. The molecule has 2 N–H and O–H groups in total. The van der Waals surface area contributed by atoms with Gasteiger partial charge in [0.25, 0.3) is 0 Å². The van der Waals surface area contributed by atoms with Crippen LogP contribution in [0.5, 0.6) is 0 Å². The normalized spacial score (nSPS) is 13.8. The highest BCUT2D eigenvalue weighted by molar-refractivity contribution is 4.70. The van der Waals surface area contributed by atoms with Crippen LogP contribution >= 0.6 is 0 Å². The van der Waals surface area contributed by atoms with Crippen molar-refractivity contribution in [3.63, 3.8) is 0 Å². The van der Waals surface area contributed by atoms with E-state index in [9.17, 15) is 0 Å². The first-order valence-electron chi connectivity index (χ1n) is 6.22. The Bertz CT molecular complexity index is 136. The van der Waals surface area contributed by atoms with E-state index >= 15 is 0 Å². The fraction of sp³-hybridized carbons (Fsp3) is 1.00. The Kier molecular flexibility index (Phi) is 9.06. The smallest absolute Gasteiger partial charge is 0.0445 e. The van der Waals surface area contributed by atoms with Gasteiger partial charge in [-0.05, 0) is 25.4 Å². The van der Waals surface area contributed by atoms with Crippen LogP contribution in [-0.4, -0.2) is 48.8 Å². The van der Waals surface area contributed by atoms with Crippen LogP contribution in [0, 0.1) is 5.92 Å². The van der Waals surface area contributed by atoms with Crippen molar-refractivity contribution in [1.82, 2.24) is 10.2 Å². The third-order valence-corrected chi connectivity index (χ3v) is 2.97. The van der Waals surface area contributed by atoms with Gasteiger partial charge >= 0.3 is 0 Å². The highest BCUT2D eigenvalue weighted by atomic mass is 16.3. The van der Waals surface area contributed by atoms with Crippen LogP contribution in [0.1, 0.15) is 34.1 Å². The first-order valence-corrected chi connectivity index (χ1v) is 6.22. The summed E-state index contributed by atoms with van der Waals surface area (Å²) in [5.74, 6) is 0.592. The molecule has 0 aliphatic heterocycles. The molecule has 0 spiro atoms. The van der Waals surface area contributed by atoms with Gasteiger partial charge in [-0.25, -0.2) is 0 Å². The third kappa shape index (κ3) is 6.88. The fourth-order valence-corrected chi connectivity index (χ4v) is 1.76. The Balaban J connectivity index is 3.69. The summed E-state index contributed by atoms with van der Waals surface area (Å²) in [6.45, 7) is 13.4. The second-order valence-electron chi connectivity index (χ2n) is 4.34. The van der Waals surface area contributed by atoms with Gasteiger partial charge in [0.2, 0.25) is 0 Å². The zero-order valence-corrected chi connectivity index (χ0v) is 10.8. The standard InChI is InChI=1S/C12H28N2O/c1-5-14(6-2)9-8-13-12(7-10-15)11(3)4/h11-13,15H,5-10H2,1-4H3. The Morgan fingerprint density at radius 2 is 1.80 bits per heavy atom. The molecule has 0 aromatic carbocycles. The summed E-state index contributed by atoms with van der Waals surface area (Å²) in [5.41, 5.74) is 0. The second kappa shape index (κ2) is 9.13. The molecule has 0 aliphatic carbocycles. The average Bonchev–Trinajstić information content (AvgIpc) is 2.22. The molecule has 0 rings (SSSR count). The average molecular weight is 216 g/mol. The maximum Gasteiger partial charge on any atom is 0.0445 e. The van der Waals surface area contributed by atoms with E-state index in [0.29, 0.717) is 12.0 Å². The van der Waals surface area contributed by atoms with Gasteiger partial charge in [-0.1, -0.05) is 27.7 Å². The zero-order valence-electron chi connectivity index (χ0n) is 10.8. The zero-order chi connectivity index (χ0) is 11.7. The van der Waals surface area contributed by atoms with Crippen LogP contribution in [0.2, 0.25) is 0 Å². The van der Waals surface area contributed by atoms with Crippen molar-refractivity contribution in [1.29, 1.82) is 0 Å². The van der Waals surface area contributed by atoms with Crippen LogP contribution in [-0.2, 0) is 0 Å². The molecule has 1 unspecified atom stereocenters. The first-order chi connectivity index (χ1) is 7.15. The summed E-state index contributed by atoms with van der Waals surface area (Å²) in [4.78, 5) is 2.41. The van der Waals surface area contributed by atoms with E-state index in [1.54, 1.807) is 0 Å². The van der Waals surface area contributed by atoms with Crippen LogP contribution in [0.4, 0.5) is 0 Å². The minimum Gasteiger partial charge on any atom is -0.396 e. The minimum absolute atomic E-state index is 0.279. The molecule has 0 radical (unpaired) electrons. The van der Waals surface area contributed by atoms with Crippen molar-refractivity contribution in [2.75, 3.05) is 32.8 Å². The lowest BCUT2D eigenvalue weighted by atomic mass is 10.0. The third-order valence-electron chi connectivity index (χ3n) is 2.97. The molecular weight excluding hydrogens is 188 g/mol. The summed E-state index contributed by atoms with van der Waals surface area (Å²) in [7, 11) is 0. The van der Waals surface area contributed by atoms with Crippen molar-refractivity contribution in [3.05, 3.63) is 0 Å². The lowest BCUT2D eigenvalue weighted by Crippen LogP contribution is -2.40. The van der Waals surface area contributed by atoms with E-state index < -0.39 is 0 Å². The van der Waals surface area contributed by atoms with Crippen molar-refractivity contribution < 1.29 is 5.11 Å². The van der Waals surface area contributed by atoms with Gasteiger partial charge < -0.3 is 15.3 Å². The highest BCUT2D eigenvalue weighted by Gasteiger charge is 2.11. The maximum absolute atomic E-state index is 8.94. The molecule has 0 heterocycles. The summed E-state index contributed by atoms with van der Waals surface area (Å²) < 4.78 is 0. The Morgan fingerprint density at radius 1 is 1.20 bits per heavy atom. The van der Waals surface area contributed by atoms with Gasteiger partial charge in [-0.15, -0.1) is 0 Å². The maximum atomic E-state index is 8.94. The fourth-order valence-electron chi connectivity index (χ4n) is 1.76. The highest BCUT2D eigenvalue weighted by Crippen LogP contribution is 2.04. The van der Waals surface area contributed by atoms with Crippen LogP contribution in [0.25, 0.3) is 0 Å². The summed E-state index contributed by atoms with van der Waals surface area (Å²) >= 11 is 0. The molecule has 0 saturated heterocycles. The molecule has 0 saturated carbocycles. The Morgan fingerprint density at radius 3 is 2.20 bits per heavy atom. The molecule has 0 bridgehead atoms. The van der Waals surface area contributed by atoms with Crippen molar-refractivity contribution in [2.45, 2.75) is 40.2 Å². The predicted octanol–water partition coefficient (Wildman–Crippen LogP) is 1.32. The molecule has 92 valence electrons. The first kappa shape index (κ1) is 14.9.